The van der Waals surface area contributed by atoms with Gasteiger partial charge < -0.3 is 0 Å². The molecule has 0 unspecified atom stereocenters. The zero-order chi connectivity index (χ0) is 9.31. The Morgan fingerprint density at radius 1 is 1.15 bits per heavy atom. The van der Waals surface area contributed by atoms with E-state index in [1.807, 2.05) is 24.3 Å². The fourth-order valence-electron chi connectivity index (χ4n) is 1.54. The summed E-state index contributed by atoms with van der Waals surface area (Å²) in [5.74, 6) is 0.114. The van der Waals surface area contributed by atoms with Gasteiger partial charge in [-0.2, -0.15) is 0 Å². The van der Waals surface area contributed by atoms with Crippen molar-refractivity contribution in [3.63, 3.8) is 0 Å². The van der Waals surface area contributed by atoms with Gasteiger partial charge in [0.25, 0.3) is 0 Å². The number of hydrogen-bond donors (Lipinski definition) is 1. The summed E-state index contributed by atoms with van der Waals surface area (Å²) in [6.45, 7) is 0.513. The van der Waals surface area contributed by atoms with Crippen molar-refractivity contribution in [3.05, 3.63) is 35.4 Å². The van der Waals surface area contributed by atoms with Crippen LogP contribution >= 0.6 is 0 Å². The van der Waals surface area contributed by atoms with E-state index < -0.39 is 10.0 Å². The highest BCUT2D eigenvalue weighted by Gasteiger charge is 2.17. The van der Waals surface area contributed by atoms with E-state index >= 15 is 0 Å². The van der Waals surface area contributed by atoms with Gasteiger partial charge in [0, 0.05) is 6.54 Å². The summed E-state index contributed by atoms with van der Waals surface area (Å²) in [7, 11) is -3.08. The van der Waals surface area contributed by atoms with Gasteiger partial charge in [-0.25, -0.2) is 13.1 Å². The molecular formula is C9H11NO2S. The lowest BCUT2D eigenvalue weighted by atomic mass is 10.1. The molecule has 1 N–H and O–H groups in total. The molecule has 0 amide bonds. The molecular weight excluding hydrogens is 186 g/mol. The number of hydrogen-bond acceptors (Lipinski definition) is 2. The first-order chi connectivity index (χ1) is 6.17. The lowest BCUT2D eigenvalue weighted by Crippen LogP contribution is -2.24. The van der Waals surface area contributed by atoms with Gasteiger partial charge in [-0.1, -0.05) is 24.3 Å². The SMILES string of the molecule is O=S1(=O)Cc2ccccc2CCN1. The topological polar surface area (TPSA) is 46.2 Å². The second-order valence-electron chi connectivity index (χ2n) is 3.17. The van der Waals surface area contributed by atoms with Gasteiger partial charge in [0.05, 0.1) is 5.75 Å². The first-order valence-corrected chi connectivity index (χ1v) is 5.87. The molecule has 13 heavy (non-hydrogen) atoms. The van der Waals surface area contributed by atoms with Crippen LogP contribution in [0.3, 0.4) is 0 Å². The highest BCUT2D eigenvalue weighted by atomic mass is 32.2. The van der Waals surface area contributed by atoms with E-state index in [9.17, 15) is 8.42 Å². The number of rotatable bonds is 0. The third kappa shape index (κ3) is 1.89. The zero-order valence-electron chi connectivity index (χ0n) is 7.16. The molecule has 0 spiro atoms. The molecule has 0 bridgehead atoms. The summed E-state index contributed by atoms with van der Waals surface area (Å²) in [4.78, 5) is 0. The Labute approximate surface area is 77.8 Å². The quantitative estimate of drug-likeness (QED) is 0.664. The van der Waals surface area contributed by atoms with Crippen LogP contribution in [-0.4, -0.2) is 15.0 Å². The van der Waals surface area contributed by atoms with Crippen LogP contribution in [0.15, 0.2) is 24.3 Å². The third-order valence-electron chi connectivity index (χ3n) is 2.18. The van der Waals surface area contributed by atoms with Gasteiger partial charge in [-0.3, -0.25) is 0 Å². The van der Waals surface area contributed by atoms with E-state index in [-0.39, 0.29) is 5.75 Å². The standard InChI is InChI=1S/C9H11NO2S/c11-13(12)7-9-4-2-1-3-8(9)5-6-10-13/h1-4,10H,5-7H2. The molecule has 0 atom stereocenters. The minimum atomic E-state index is -3.08. The van der Waals surface area contributed by atoms with Crippen molar-refractivity contribution >= 4 is 10.0 Å². The maximum Gasteiger partial charge on any atom is 0.215 e. The van der Waals surface area contributed by atoms with E-state index in [0.717, 1.165) is 17.5 Å². The lowest BCUT2D eigenvalue weighted by molar-refractivity contribution is 0.583. The smallest absolute Gasteiger partial charge is 0.215 e. The van der Waals surface area contributed by atoms with E-state index in [2.05, 4.69) is 4.72 Å². The van der Waals surface area contributed by atoms with Gasteiger partial charge in [0.1, 0.15) is 0 Å². The second kappa shape index (κ2) is 3.12. The zero-order valence-corrected chi connectivity index (χ0v) is 7.97. The summed E-state index contributed by atoms with van der Waals surface area (Å²) < 4.78 is 25.2. The first kappa shape index (κ1) is 8.72. The van der Waals surface area contributed by atoms with Crippen molar-refractivity contribution in [2.75, 3.05) is 6.54 Å². The summed E-state index contributed by atoms with van der Waals surface area (Å²) in [5, 5.41) is 0. The summed E-state index contributed by atoms with van der Waals surface area (Å²) in [5.41, 5.74) is 2.06. The molecule has 0 aromatic heterocycles. The molecule has 0 fully saturated rings. The highest BCUT2D eigenvalue weighted by Crippen LogP contribution is 2.15. The van der Waals surface area contributed by atoms with E-state index in [1.165, 1.54) is 0 Å². The number of nitrogens with one attached hydrogen (secondary N) is 1. The van der Waals surface area contributed by atoms with Gasteiger partial charge in [0.2, 0.25) is 10.0 Å². The fourth-order valence-corrected chi connectivity index (χ4v) is 2.75. The van der Waals surface area contributed by atoms with Crippen LogP contribution in [0.1, 0.15) is 11.1 Å². The molecule has 70 valence electrons. The average molecular weight is 197 g/mol. The van der Waals surface area contributed by atoms with Crippen LogP contribution in [0, 0.1) is 0 Å². The van der Waals surface area contributed by atoms with Crippen LogP contribution in [0.2, 0.25) is 0 Å². The number of benzene rings is 1. The maximum absolute atomic E-state index is 11.3. The van der Waals surface area contributed by atoms with Crippen molar-refractivity contribution in [2.45, 2.75) is 12.2 Å². The van der Waals surface area contributed by atoms with Crippen LogP contribution < -0.4 is 4.72 Å². The van der Waals surface area contributed by atoms with Gasteiger partial charge >= 0.3 is 0 Å². The van der Waals surface area contributed by atoms with E-state index in [0.29, 0.717) is 6.54 Å². The first-order valence-electron chi connectivity index (χ1n) is 4.21. The Morgan fingerprint density at radius 2 is 1.85 bits per heavy atom. The minimum absolute atomic E-state index is 0.114. The minimum Gasteiger partial charge on any atom is -0.215 e. The molecule has 3 nitrogen and oxygen atoms in total. The fraction of sp³-hybridized carbons (Fsp3) is 0.333. The Morgan fingerprint density at radius 3 is 2.62 bits per heavy atom. The monoisotopic (exact) mass is 197 g/mol. The Kier molecular flexibility index (Phi) is 2.09. The number of fused-ring (bicyclic) bond motifs is 1. The van der Waals surface area contributed by atoms with Crippen LogP contribution in [0.5, 0.6) is 0 Å². The van der Waals surface area contributed by atoms with Gasteiger partial charge in [0.15, 0.2) is 0 Å². The summed E-state index contributed by atoms with van der Waals surface area (Å²) >= 11 is 0. The van der Waals surface area contributed by atoms with E-state index in [4.69, 9.17) is 0 Å². The molecule has 1 aliphatic rings. The Hall–Kier alpha value is -0.870. The molecule has 0 radical (unpaired) electrons. The summed E-state index contributed by atoms with van der Waals surface area (Å²) in [6.07, 6.45) is 0.787. The maximum atomic E-state index is 11.3. The molecule has 0 saturated heterocycles. The van der Waals surface area contributed by atoms with Crippen molar-refractivity contribution in [1.29, 1.82) is 0 Å². The molecule has 1 aromatic rings. The molecule has 0 saturated carbocycles. The Balaban J connectivity index is 2.46. The molecule has 1 aliphatic heterocycles. The molecule has 1 heterocycles. The second-order valence-corrected chi connectivity index (χ2v) is 4.98. The van der Waals surface area contributed by atoms with Crippen LogP contribution in [0.4, 0.5) is 0 Å². The molecule has 0 aliphatic carbocycles. The van der Waals surface area contributed by atoms with Gasteiger partial charge in [-0.15, -0.1) is 0 Å². The van der Waals surface area contributed by atoms with Gasteiger partial charge in [-0.05, 0) is 17.5 Å². The number of sulfonamides is 1. The predicted molar refractivity (Wildman–Crippen MR) is 50.8 cm³/mol. The predicted octanol–water partition coefficient (Wildman–Crippen LogP) is 0.662. The van der Waals surface area contributed by atoms with Crippen molar-refractivity contribution in [2.24, 2.45) is 0 Å². The van der Waals surface area contributed by atoms with Crippen LogP contribution in [-0.2, 0) is 22.2 Å². The van der Waals surface area contributed by atoms with Crippen molar-refractivity contribution in [1.82, 2.24) is 4.72 Å². The van der Waals surface area contributed by atoms with Crippen LogP contribution in [0.25, 0.3) is 0 Å². The van der Waals surface area contributed by atoms with Crippen molar-refractivity contribution < 1.29 is 8.42 Å². The van der Waals surface area contributed by atoms with E-state index in [1.54, 1.807) is 0 Å². The average Bonchev–Trinajstić information content (AvgIpc) is 2.21. The largest absolute Gasteiger partial charge is 0.215 e. The highest BCUT2D eigenvalue weighted by molar-refractivity contribution is 7.88. The molecule has 2 rings (SSSR count). The molecule has 4 heteroatoms. The lowest BCUT2D eigenvalue weighted by Gasteiger charge is -2.01. The van der Waals surface area contributed by atoms with Crippen molar-refractivity contribution in [3.8, 4) is 0 Å². The Bertz CT molecular complexity index is 411. The molecule has 1 aromatic carbocycles. The third-order valence-corrected chi connectivity index (χ3v) is 3.52. The summed E-state index contributed by atoms with van der Waals surface area (Å²) in [6, 6.07) is 7.67. The normalized spacial score (nSPS) is 20.3.